The summed E-state index contributed by atoms with van der Waals surface area (Å²) in [6, 6.07) is 14.3. The smallest absolute Gasteiger partial charge is 0.336 e. The van der Waals surface area contributed by atoms with Gasteiger partial charge in [0.15, 0.2) is 5.60 Å². The van der Waals surface area contributed by atoms with Crippen LogP contribution in [0.3, 0.4) is 0 Å². The summed E-state index contributed by atoms with van der Waals surface area (Å²) in [6.45, 7) is 5.61. The fourth-order valence-electron chi connectivity index (χ4n) is 4.49. The average molecular weight is 579 g/mol. The van der Waals surface area contributed by atoms with Gasteiger partial charge in [-0.05, 0) is 43.2 Å². The summed E-state index contributed by atoms with van der Waals surface area (Å²) >= 11 is 1.83. The molecule has 220 valence electrons. The summed E-state index contributed by atoms with van der Waals surface area (Å²) in [4.78, 5) is 47.3. The van der Waals surface area contributed by atoms with E-state index in [1.807, 2.05) is 48.6 Å². The summed E-state index contributed by atoms with van der Waals surface area (Å²) in [5, 5.41) is 39.3. The summed E-state index contributed by atoms with van der Waals surface area (Å²) in [7, 11) is 1.72. The number of aliphatic carboxylic acids is 3. The molecule has 1 aromatic carbocycles. The van der Waals surface area contributed by atoms with E-state index in [4.69, 9.17) is 25.2 Å². The minimum atomic E-state index is -2.74. The number of nitrogens with one attached hydrogen (secondary N) is 1. The second-order valence-electron chi connectivity index (χ2n) is 9.98. The number of carboxylic acid groups (broad SMARTS) is 3. The molecule has 1 aromatic heterocycles. The van der Waals surface area contributed by atoms with E-state index in [9.17, 15) is 19.2 Å². The zero-order valence-electron chi connectivity index (χ0n) is 22.7. The van der Waals surface area contributed by atoms with Gasteiger partial charge in [0, 0.05) is 31.6 Å². The number of nitrogens with zero attached hydrogens (tertiary/aromatic N) is 1. The van der Waals surface area contributed by atoms with Crippen molar-refractivity contribution in [1.82, 2.24) is 10.2 Å². The molecule has 5 N–H and O–H groups in total. The topological polar surface area (TPSA) is 174 Å². The number of carbonyl (C=O) groups is 4. The molecule has 2 heterocycles. The first kappa shape index (κ1) is 32.9. The largest absolute Gasteiger partial charge is 0.481 e. The van der Waals surface area contributed by atoms with Crippen molar-refractivity contribution >= 4 is 35.2 Å². The van der Waals surface area contributed by atoms with Crippen LogP contribution in [-0.4, -0.2) is 93.6 Å². The average Bonchev–Trinajstić information content (AvgIpc) is 3.42. The Bertz CT molecular complexity index is 1080. The lowest BCUT2D eigenvalue weighted by molar-refractivity contribution is -0.170. The minimum absolute atomic E-state index is 0.0882. The van der Waals surface area contributed by atoms with Crippen molar-refractivity contribution in [3.8, 4) is 0 Å². The van der Waals surface area contributed by atoms with Gasteiger partial charge in [-0.15, -0.1) is 11.3 Å². The van der Waals surface area contributed by atoms with Crippen molar-refractivity contribution in [3.63, 3.8) is 0 Å². The first-order valence-corrected chi connectivity index (χ1v) is 13.8. The molecule has 40 heavy (non-hydrogen) atoms. The Labute approximate surface area is 237 Å². The van der Waals surface area contributed by atoms with Crippen LogP contribution in [-0.2, 0) is 30.3 Å². The third kappa shape index (κ3) is 10.3. The fourth-order valence-corrected chi connectivity index (χ4v) is 5.18. The van der Waals surface area contributed by atoms with Crippen molar-refractivity contribution in [1.29, 1.82) is 0 Å². The number of thiophene rings is 1. The number of hydrogen-bond acceptors (Lipinski definition) is 8. The van der Waals surface area contributed by atoms with Crippen LogP contribution in [0.5, 0.6) is 0 Å². The highest BCUT2D eigenvalue weighted by atomic mass is 32.1. The highest BCUT2D eigenvalue weighted by molar-refractivity contribution is 7.09. The van der Waals surface area contributed by atoms with E-state index < -0.39 is 36.4 Å². The van der Waals surface area contributed by atoms with Gasteiger partial charge in [-0.1, -0.05) is 36.4 Å². The third-order valence-corrected chi connectivity index (χ3v) is 7.79. The third-order valence-electron chi connectivity index (χ3n) is 6.85. The van der Waals surface area contributed by atoms with Crippen LogP contribution in [0, 0.1) is 0 Å². The number of methoxy groups -OCH3 is 1. The lowest BCUT2D eigenvalue weighted by atomic mass is 9.86. The molecule has 0 spiro atoms. The van der Waals surface area contributed by atoms with Crippen LogP contribution in [0.15, 0.2) is 47.8 Å². The van der Waals surface area contributed by atoms with Gasteiger partial charge in [0.05, 0.1) is 30.9 Å². The lowest BCUT2D eigenvalue weighted by Gasteiger charge is -2.42. The van der Waals surface area contributed by atoms with Crippen LogP contribution in [0.1, 0.15) is 49.0 Å². The number of aliphatic hydroxyl groups is 1. The second-order valence-corrected chi connectivity index (χ2v) is 11.0. The highest BCUT2D eigenvalue weighted by Gasteiger charge is 2.41. The monoisotopic (exact) mass is 578 g/mol. The van der Waals surface area contributed by atoms with Gasteiger partial charge in [-0.25, -0.2) is 4.79 Å². The molecular formula is C28H38N2O9S. The predicted octanol–water partition coefficient (Wildman–Crippen LogP) is 2.44. The molecule has 2 aromatic rings. The first-order chi connectivity index (χ1) is 18.9. The van der Waals surface area contributed by atoms with Crippen molar-refractivity contribution in [2.75, 3.05) is 33.4 Å². The number of carboxylic acids is 3. The van der Waals surface area contributed by atoms with Gasteiger partial charge in [-0.3, -0.25) is 14.4 Å². The van der Waals surface area contributed by atoms with Gasteiger partial charge >= 0.3 is 17.9 Å². The number of carbonyl (C=O) groups excluding carboxylic acids is 1. The Hall–Kier alpha value is -3.32. The second kappa shape index (κ2) is 15.5. The lowest BCUT2D eigenvalue weighted by Crippen LogP contribution is -2.58. The van der Waals surface area contributed by atoms with E-state index in [-0.39, 0.29) is 17.4 Å². The molecule has 11 nitrogen and oxygen atoms in total. The van der Waals surface area contributed by atoms with E-state index in [0.717, 1.165) is 44.5 Å². The number of rotatable bonds is 13. The minimum Gasteiger partial charge on any atom is -0.481 e. The van der Waals surface area contributed by atoms with E-state index in [1.54, 1.807) is 7.11 Å². The molecule has 0 radical (unpaired) electrons. The summed E-state index contributed by atoms with van der Waals surface area (Å²) in [5.74, 6) is -5.09. The van der Waals surface area contributed by atoms with Crippen molar-refractivity contribution in [2.45, 2.75) is 56.1 Å². The Morgan fingerprint density at radius 2 is 1.62 bits per heavy atom. The summed E-state index contributed by atoms with van der Waals surface area (Å²) < 4.78 is 5.49. The standard InChI is InChI=1S/C22H30N2O2S.C6H8O7/c1-18(19-7-4-3-5-8-19)21(25)23-22(17-26-2)11-14-24(15-12-22)13-10-20-9-6-16-27-20;7-3(8)1-6(13,5(11)12)2-4(9)10/h3-9,16,18H,10-15,17H2,1-2H3,(H,23,25);13H,1-2H2,(H,7,8)(H,9,10)(H,11,12). The van der Waals surface area contributed by atoms with E-state index in [0.29, 0.717) is 6.61 Å². The molecule has 1 unspecified atom stereocenters. The fraction of sp³-hybridized carbons (Fsp3) is 0.500. The Kier molecular flexibility index (Phi) is 12.7. The zero-order chi connectivity index (χ0) is 29.8. The van der Waals surface area contributed by atoms with Crippen molar-refractivity contribution in [3.05, 3.63) is 58.3 Å². The van der Waals surface area contributed by atoms with Gasteiger partial charge in [0.2, 0.25) is 5.91 Å². The molecule has 0 saturated carbocycles. The maximum Gasteiger partial charge on any atom is 0.336 e. The molecule has 1 fully saturated rings. The summed E-state index contributed by atoms with van der Waals surface area (Å²) in [6.07, 6.45) is 0.673. The van der Waals surface area contributed by atoms with Gasteiger partial charge in [0.1, 0.15) is 0 Å². The van der Waals surface area contributed by atoms with Crippen molar-refractivity contribution < 1.29 is 44.3 Å². The maximum atomic E-state index is 12.9. The summed E-state index contributed by atoms with van der Waals surface area (Å²) in [5.41, 5.74) is -1.94. The van der Waals surface area contributed by atoms with E-state index in [2.05, 4.69) is 27.7 Å². The van der Waals surface area contributed by atoms with Crippen LogP contribution < -0.4 is 5.32 Å². The molecular weight excluding hydrogens is 540 g/mol. The molecule has 1 saturated heterocycles. The Morgan fingerprint density at radius 3 is 2.10 bits per heavy atom. The number of hydrogen-bond donors (Lipinski definition) is 5. The molecule has 0 aliphatic carbocycles. The van der Waals surface area contributed by atoms with E-state index in [1.165, 1.54) is 4.88 Å². The molecule has 12 heteroatoms. The number of ether oxygens (including phenoxy) is 1. The SMILES string of the molecule is COCC1(NC(=O)C(C)c2ccccc2)CCN(CCc2cccs2)CC1.O=C(O)CC(O)(CC(=O)O)C(=O)O. The van der Waals surface area contributed by atoms with Gasteiger partial charge < -0.3 is 35.4 Å². The zero-order valence-corrected chi connectivity index (χ0v) is 23.6. The van der Waals surface area contributed by atoms with Crippen LogP contribution in [0.25, 0.3) is 0 Å². The Balaban J connectivity index is 0.000000366. The number of likely N-dealkylation sites (tertiary alicyclic amines) is 1. The molecule has 1 aliphatic heterocycles. The first-order valence-electron chi connectivity index (χ1n) is 12.9. The quantitative estimate of drug-likeness (QED) is 0.238. The molecule has 1 atom stereocenters. The number of benzene rings is 1. The molecule has 1 amide bonds. The highest BCUT2D eigenvalue weighted by Crippen LogP contribution is 2.25. The van der Waals surface area contributed by atoms with Crippen LogP contribution >= 0.6 is 11.3 Å². The molecule has 3 rings (SSSR count). The maximum absolute atomic E-state index is 12.9. The molecule has 0 bridgehead atoms. The van der Waals surface area contributed by atoms with Crippen LogP contribution in [0.2, 0.25) is 0 Å². The molecule has 1 aliphatic rings. The van der Waals surface area contributed by atoms with Gasteiger partial charge in [0.25, 0.3) is 0 Å². The van der Waals surface area contributed by atoms with E-state index >= 15 is 0 Å². The van der Waals surface area contributed by atoms with Crippen LogP contribution in [0.4, 0.5) is 0 Å². The van der Waals surface area contributed by atoms with Gasteiger partial charge in [-0.2, -0.15) is 0 Å². The van der Waals surface area contributed by atoms with Crippen molar-refractivity contribution in [2.24, 2.45) is 0 Å². The normalized spacial score (nSPS) is 15.8. The predicted molar refractivity (Wildman–Crippen MR) is 148 cm³/mol. The Morgan fingerprint density at radius 1 is 1.02 bits per heavy atom. The number of amides is 1. The number of piperidine rings is 1.